The lowest BCUT2D eigenvalue weighted by Gasteiger charge is -2.10. The third-order valence-corrected chi connectivity index (χ3v) is 3.61. The fraction of sp³-hybridized carbons (Fsp3) is 0.286. The van der Waals surface area contributed by atoms with Crippen molar-refractivity contribution in [2.45, 2.75) is 25.7 Å². The van der Waals surface area contributed by atoms with Gasteiger partial charge in [0.1, 0.15) is 5.69 Å². The minimum Gasteiger partial charge on any atom is -0.287 e. The Morgan fingerprint density at radius 3 is 2.60 bits per heavy atom. The highest BCUT2D eigenvalue weighted by molar-refractivity contribution is 6.08. The summed E-state index contributed by atoms with van der Waals surface area (Å²) in [5.74, 6) is -0.181. The number of benzene rings is 1. The summed E-state index contributed by atoms with van der Waals surface area (Å²) in [5.41, 5.74) is 2.90. The molecule has 2 aromatic rings. The maximum atomic E-state index is 12.4. The summed E-state index contributed by atoms with van der Waals surface area (Å²) in [5, 5.41) is 17.7. The molecule has 0 saturated heterocycles. The summed E-state index contributed by atoms with van der Waals surface area (Å²) in [6.07, 6.45) is 3.96. The van der Waals surface area contributed by atoms with Gasteiger partial charge in [-0.1, -0.05) is 0 Å². The summed E-state index contributed by atoms with van der Waals surface area (Å²) >= 11 is 0. The SMILES string of the molecule is O=C(c1ccc([N+](=O)[O-])cc1)c1n[nH]c2c1CCCC2. The van der Waals surface area contributed by atoms with Crippen molar-refractivity contribution >= 4 is 11.5 Å². The van der Waals surface area contributed by atoms with Crippen LogP contribution in [0.25, 0.3) is 0 Å². The van der Waals surface area contributed by atoms with Gasteiger partial charge in [-0.25, -0.2) is 0 Å². The molecule has 102 valence electrons. The molecule has 0 saturated carbocycles. The number of H-pyrrole nitrogens is 1. The number of hydrogen-bond donors (Lipinski definition) is 1. The zero-order valence-electron chi connectivity index (χ0n) is 10.8. The van der Waals surface area contributed by atoms with Crippen LogP contribution in [-0.2, 0) is 12.8 Å². The van der Waals surface area contributed by atoms with Gasteiger partial charge in [0, 0.05) is 29.0 Å². The molecule has 6 nitrogen and oxygen atoms in total. The molecule has 0 spiro atoms. The molecule has 0 unspecified atom stereocenters. The summed E-state index contributed by atoms with van der Waals surface area (Å²) in [7, 11) is 0. The third kappa shape index (κ3) is 2.09. The molecule has 0 atom stereocenters. The van der Waals surface area contributed by atoms with E-state index in [9.17, 15) is 14.9 Å². The molecule has 6 heteroatoms. The van der Waals surface area contributed by atoms with Crippen molar-refractivity contribution in [2.75, 3.05) is 0 Å². The number of fused-ring (bicyclic) bond motifs is 1. The first-order valence-corrected chi connectivity index (χ1v) is 6.52. The number of nitrogens with one attached hydrogen (secondary N) is 1. The second kappa shape index (κ2) is 4.88. The molecular weight excluding hydrogens is 258 g/mol. The zero-order valence-corrected chi connectivity index (χ0v) is 10.8. The van der Waals surface area contributed by atoms with Gasteiger partial charge in [-0.2, -0.15) is 5.10 Å². The number of nitro groups is 1. The average molecular weight is 271 g/mol. The Labute approximate surface area is 115 Å². The van der Waals surface area contributed by atoms with Crippen LogP contribution < -0.4 is 0 Å². The number of hydrogen-bond acceptors (Lipinski definition) is 4. The Kier molecular flexibility index (Phi) is 3.06. The largest absolute Gasteiger partial charge is 0.287 e. The number of nitrogens with zero attached hydrogens (tertiary/aromatic N) is 2. The topological polar surface area (TPSA) is 88.9 Å². The van der Waals surface area contributed by atoms with Crippen LogP contribution >= 0.6 is 0 Å². The van der Waals surface area contributed by atoms with Crippen molar-refractivity contribution in [1.82, 2.24) is 10.2 Å². The predicted octanol–water partition coefficient (Wildman–Crippen LogP) is 2.43. The van der Waals surface area contributed by atoms with Gasteiger partial charge in [-0.15, -0.1) is 0 Å². The molecule has 0 fully saturated rings. The summed E-state index contributed by atoms with van der Waals surface area (Å²) in [4.78, 5) is 22.5. The van der Waals surface area contributed by atoms with Gasteiger partial charge in [0.2, 0.25) is 5.78 Å². The van der Waals surface area contributed by atoms with E-state index in [-0.39, 0.29) is 11.5 Å². The number of aryl methyl sites for hydroxylation is 1. The van der Waals surface area contributed by atoms with Crippen LogP contribution in [0.1, 0.15) is 40.2 Å². The van der Waals surface area contributed by atoms with Gasteiger partial charge in [-0.3, -0.25) is 20.0 Å². The van der Waals surface area contributed by atoms with Crippen LogP contribution in [0.2, 0.25) is 0 Å². The van der Waals surface area contributed by atoms with E-state index in [0.717, 1.165) is 36.9 Å². The molecule has 3 rings (SSSR count). The van der Waals surface area contributed by atoms with Gasteiger partial charge in [0.15, 0.2) is 0 Å². The maximum Gasteiger partial charge on any atom is 0.269 e. The highest BCUT2D eigenvalue weighted by Gasteiger charge is 2.22. The van der Waals surface area contributed by atoms with E-state index < -0.39 is 4.92 Å². The van der Waals surface area contributed by atoms with Crippen LogP contribution in [-0.4, -0.2) is 20.9 Å². The van der Waals surface area contributed by atoms with Crippen LogP contribution in [0.5, 0.6) is 0 Å². The van der Waals surface area contributed by atoms with E-state index >= 15 is 0 Å². The lowest BCUT2D eigenvalue weighted by atomic mass is 9.93. The highest BCUT2D eigenvalue weighted by atomic mass is 16.6. The number of ketones is 1. The molecule has 1 aromatic carbocycles. The molecule has 1 aliphatic carbocycles. The van der Waals surface area contributed by atoms with Crippen LogP contribution in [0, 0.1) is 10.1 Å². The van der Waals surface area contributed by atoms with Crippen molar-refractivity contribution in [3.8, 4) is 0 Å². The average Bonchev–Trinajstić information content (AvgIpc) is 2.90. The maximum absolute atomic E-state index is 12.4. The normalized spacial score (nSPS) is 13.8. The fourth-order valence-electron chi connectivity index (χ4n) is 2.54. The number of rotatable bonds is 3. The smallest absolute Gasteiger partial charge is 0.269 e. The lowest BCUT2D eigenvalue weighted by Crippen LogP contribution is -2.08. The molecular formula is C14H13N3O3. The second-order valence-electron chi connectivity index (χ2n) is 4.87. The van der Waals surface area contributed by atoms with E-state index in [1.807, 2.05) is 0 Å². The molecule has 0 bridgehead atoms. The number of non-ortho nitro benzene ring substituents is 1. The van der Waals surface area contributed by atoms with Crippen molar-refractivity contribution in [2.24, 2.45) is 0 Å². The number of carbonyl (C=O) groups is 1. The third-order valence-electron chi connectivity index (χ3n) is 3.61. The minimum atomic E-state index is -0.481. The van der Waals surface area contributed by atoms with Crippen LogP contribution in [0.15, 0.2) is 24.3 Å². The summed E-state index contributed by atoms with van der Waals surface area (Å²) < 4.78 is 0. The van der Waals surface area contributed by atoms with Gasteiger partial charge in [0.25, 0.3) is 5.69 Å². The van der Waals surface area contributed by atoms with E-state index in [1.165, 1.54) is 24.3 Å². The summed E-state index contributed by atoms with van der Waals surface area (Å²) in [6.45, 7) is 0. The van der Waals surface area contributed by atoms with Gasteiger partial charge >= 0.3 is 0 Å². The van der Waals surface area contributed by atoms with Crippen LogP contribution in [0.4, 0.5) is 5.69 Å². The first-order valence-electron chi connectivity index (χ1n) is 6.52. The quantitative estimate of drug-likeness (QED) is 0.527. The monoisotopic (exact) mass is 271 g/mol. The Morgan fingerprint density at radius 1 is 1.20 bits per heavy atom. The lowest BCUT2D eigenvalue weighted by molar-refractivity contribution is -0.384. The Morgan fingerprint density at radius 2 is 1.90 bits per heavy atom. The zero-order chi connectivity index (χ0) is 14.1. The second-order valence-corrected chi connectivity index (χ2v) is 4.87. The molecule has 1 N–H and O–H groups in total. The molecule has 1 aliphatic rings. The number of aromatic amines is 1. The highest BCUT2D eigenvalue weighted by Crippen LogP contribution is 2.24. The van der Waals surface area contributed by atoms with Crippen LogP contribution in [0.3, 0.4) is 0 Å². The van der Waals surface area contributed by atoms with Crippen molar-refractivity contribution in [3.63, 3.8) is 0 Å². The standard InChI is InChI=1S/C14H13N3O3/c18-14(9-5-7-10(8-6-9)17(19)20)13-11-3-1-2-4-12(11)15-16-13/h5-8H,1-4H2,(H,15,16). The fourth-order valence-corrected chi connectivity index (χ4v) is 2.54. The number of carbonyl (C=O) groups excluding carboxylic acids is 1. The van der Waals surface area contributed by atoms with Gasteiger partial charge < -0.3 is 0 Å². The van der Waals surface area contributed by atoms with Crippen molar-refractivity contribution in [1.29, 1.82) is 0 Å². The minimum absolute atomic E-state index is 0.0226. The van der Waals surface area contributed by atoms with Crippen molar-refractivity contribution < 1.29 is 9.72 Å². The van der Waals surface area contributed by atoms with Gasteiger partial charge in [0.05, 0.1) is 4.92 Å². The molecule has 1 aromatic heterocycles. The van der Waals surface area contributed by atoms with Gasteiger partial charge in [-0.05, 0) is 37.8 Å². The first-order chi connectivity index (χ1) is 9.66. The Bertz CT molecular complexity index is 673. The Balaban J connectivity index is 1.92. The van der Waals surface area contributed by atoms with E-state index in [1.54, 1.807) is 0 Å². The predicted molar refractivity (Wildman–Crippen MR) is 71.8 cm³/mol. The molecule has 0 amide bonds. The molecule has 0 radical (unpaired) electrons. The molecule has 0 aliphatic heterocycles. The molecule has 20 heavy (non-hydrogen) atoms. The first kappa shape index (κ1) is 12.5. The number of aromatic nitrogens is 2. The summed E-state index contributed by atoms with van der Waals surface area (Å²) in [6, 6.07) is 5.63. The molecule has 1 heterocycles. The Hall–Kier alpha value is -2.50. The van der Waals surface area contributed by atoms with E-state index in [2.05, 4.69) is 10.2 Å². The van der Waals surface area contributed by atoms with Crippen molar-refractivity contribution in [3.05, 3.63) is 56.9 Å². The van der Waals surface area contributed by atoms with E-state index in [0.29, 0.717) is 11.3 Å². The van der Waals surface area contributed by atoms with E-state index in [4.69, 9.17) is 0 Å². The number of nitro benzene ring substituents is 1.